The third-order valence-electron chi connectivity index (χ3n) is 0.823. The van der Waals surface area contributed by atoms with Crippen LogP contribution in [0.3, 0.4) is 0 Å². The van der Waals surface area contributed by atoms with Gasteiger partial charge in [-0.15, -0.1) is 12.3 Å². The molecule has 0 aliphatic carbocycles. The summed E-state index contributed by atoms with van der Waals surface area (Å²) in [6.07, 6.45) is 5.92. The molecule has 0 amide bonds. The zero-order chi connectivity index (χ0) is 6.95. The molecule has 2 heteroatoms. The lowest BCUT2D eigenvalue weighted by Gasteiger charge is -1.95. The SMILES string of the molecule is C#CCCSCCOC. The van der Waals surface area contributed by atoms with E-state index in [0.717, 1.165) is 24.5 Å². The second kappa shape index (κ2) is 7.87. The van der Waals surface area contributed by atoms with Gasteiger partial charge in [-0.05, 0) is 0 Å². The molecule has 0 atom stereocenters. The number of hydrogen-bond donors (Lipinski definition) is 0. The summed E-state index contributed by atoms with van der Waals surface area (Å²) in [6.45, 7) is 0.829. The van der Waals surface area contributed by atoms with E-state index in [4.69, 9.17) is 11.2 Å². The van der Waals surface area contributed by atoms with Crippen molar-refractivity contribution in [3.63, 3.8) is 0 Å². The summed E-state index contributed by atoms with van der Waals surface area (Å²) >= 11 is 1.83. The van der Waals surface area contributed by atoms with Crippen molar-refractivity contribution < 1.29 is 4.74 Å². The molecule has 0 aromatic carbocycles. The topological polar surface area (TPSA) is 9.23 Å². The zero-order valence-corrected chi connectivity index (χ0v) is 6.54. The maximum Gasteiger partial charge on any atom is 0.0552 e. The molecule has 0 aliphatic heterocycles. The third kappa shape index (κ3) is 7.87. The highest BCUT2D eigenvalue weighted by atomic mass is 32.2. The zero-order valence-electron chi connectivity index (χ0n) is 5.72. The molecule has 0 spiro atoms. The minimum absolute atomic E-state index is 0.829. The van der Waals surface area contributed by atoms with Crippen molar-refractivity contribution in [2.24, 2.45) is 0 Å². The highest BCUT2D eigenvalue weighted by Gasteiger charge is 1.84. The Bertz CT molecular complexity index is 85.4. The molecule has 0 rings (SSSR count). The smallest absolute Gasteiger partial charge is 0.0552 e. The average molecular weight is 144 g/mol. The summed E-state index contributed by atoms with van der Waals surface area (Å²) in [5.74, 6) is 4.69. The molecule has 0 unspecified atom stereocenters. The first-order valence-corrected chi connectivity index (χ1v) is 4.07. The van der Waals surface area contributed by atoms with Crippen molar-refractivity contribution in [1.82, 2.24) is 0 Å². The quantitative estimate of drug-likeness (QED) is 0.426. The molecule has 0 saturated heterocycles. The van der Waals surface area contributed by atoms with E-state index in [-0.39, 0.29) is 0 Å². The number of rotatable bonds is 5. The fourth-order valence-electron chi connectivity index (χ4n) is 0.375. The summed E-state index contributed by atoms with van der Waals surface area (Å²) in [5.41, 5.74) is 0. The van der Waals surface area contributed by atoms with E-state index >= 15 is 0 Å². The largest absolute Gasteiger partial charge is 0.384 e. The number of terminal acetylenes is 1. The van der Waals surface area contributed by atoms with E-state index in [2.05, 4.69) is 5.92 Å². The highest BCUT2D eigenvalue weighted by molar-refractivity contribution is 7.99. The van der Waals surface area contributed by atoms with E-state index in [9.17, 15) is 0 Å². The monoisotopic (exact) mass is 144 g/mol. The minimum atomic E-state index is 0.829. The van der Waals surface area contributed by atoms with Gasteiger partial charge in [-0.2, -0.15) is 11.8 Å². The first kappa shape index (κ1) is 8.87. The van der Waals surface area contributed by atoms with Gasteiger partial charge in [0.05, 0.1) is 6.61 Å². The van der Waals surface area contributed by atoms with Crippen LogP contribution in [0.25, 0.3) is 0 Å². The van der Waals surface area contributed by atoms with Gasteiger partial charge >= 0.3 is 0 Å². The van der Waals surface area contributed by atoms with Crippen molar-refractivity contribution in [2.45, 2.75) is 6.42 Å². The molecule has 0 fully saturated rings. The van der Waals surface area contributed by atoms with E-state index in [1.807, 2.05) is 11.8 Å². The van der Waals surface area contributed by atoms with Crippen LogP contribution in [0.15, 0.2) is 0 Å². The van der Waals surface area contributed by atoms with Crippen molar-refractivity contribution in [3.05, 3.63) is 0 Å². The van der Waals surface area contributed by atoms with Crippen molar-refractivity contribution in [3.8, 4) is 12.3 Å². The lowest BCUT2D eigenvalue weighted by Crippen LogP contribution is -1.91. The van der Waals surface area contributed by atoms with Crippen molar-refractivity contribution in [1.29, 1.82) is 0 Å². The van der Waals surface area contributed by atoms with Gasteiger partial charge in [0.15, 0.2) is 0 Å². The minimum Gasteiger partial charge on any atom is -0.384 e. The molecular formula is C7H12OS. The Kier molecular flexibility index (Phi) is 7.76. The summed E-state index contributed by atoms with van der Waals surface area (Å²) in [4.78, 5) is 0. The normalized spacial score (nSPS) is 8.89. The predicted octanol–water partition coefficient (Wildman–Crippen LogP) is 1.39. The maximum atomic E-state index is 5.05. The first-order chi connectivity index (χ1) is 4.41. The fraction of sp³-hybridized carbons (Fsp3) is 0.714. The summed E-state index contributed by atoms with van der Waals surface area (Å²) < 4.78 is 4.85. The van der Waals surface area contributed by atoms with Gasteiger partial charge in [0.1, 0.15) is 0 Å². The van der Waals surface area contributed by atoms with Gasteiger partial charge < -0.3 is 4.74 Å². The number of thioether (sulfide) groups is 1. The molecular weight excluding hydrogens is 132 g/mol. The molecule has 52 valence electrons. The molecule has 0 heterocycles. The Morgan fingerprint density at radius 2 is 2.33 bits per heavy atom. The van der Waals surface area contributed by atoms with Gasteiger partial charge in [-0.3, -0.25) is 0 Å². The standard InChI is InChI=1S/C7H12OS/c1-3-4-6-9-7-5-8-2/h1H,4-7H2,2H3. The average Bonchev–Trinajstić information content (AvgIpc) is 1.89. The molecule has 0 saturated carbocycles. The van der Waals surface area contributed by atoms with Gasteiger partial charge in [0.2, 0.25) is 0 Å². The van der Waals surface area contributed by atoms with E-state index < -0.39 is 0 Å². The Balaban J connectivity index is 2.69. The van der Waals surface area contributed by atoms with Crippen LogP contribution >= 0.6 is 11.8 Å². The van der Waals surface area contributed by atoms with Gasteiger partial charge in [0.25, 0.3) is 0 Å². The highest BCUT2D eigenvalue weighted by Crippen LogP contribution is 2.00. The molecule has 1 nitrogen and oxygen atoms in total. The van der Waals surface area contributed by atoms with Crippen LogP contribution in [-0.4, -0.2) is 25.2 Å². The van der Waals surface area contributed by atoms with Crippen LogP contribution in [0.4, 0.5) is 0 Å². The Labute approximate surface area is 61.2 Å². The van der Waals surface area contributed by atoms with E-state index in [1.165, 1.54) is 0 Å². The lowest BCUT2D eigenvalue weighted by atomic mass is 10.5. The lowest BCUT2D eigenvalue weighted by molar-refractivity contribution is 0.218. The van der Waals surface area contributed by atoms with E-state index in [1.54, 1.807) is 7.11 Å². The predicted molar refractivity (Wildman–Crippen MR) is 42.7 cm³/mol. The van der Waals surface area contributed by atoms with Crippen LogP contribution in [-0.2, 0) is 4.74 Å². The van der Waals surface area contributed by atoms with Crippen LogP contribution in [0.1, 0.15) is 6.42 Å². The maximum absolute atomic E-state index is 5.05. The first-order valence-electron chi connectivity index (χ1n) is 2.92. The third-order valence-corrected chi connectivity index (χ3v) is 1.77. The number of hydrogen-bond acceptors (Lipinski definition) is 2. The summed E-state index contributed by atoms with van der Waals surface area (Å²) in [5, 5.41) is 0. The van der Waals surface area contributed by atoms with Crippen molar-refractivity contribution >= 4 is 11.8 Å². The molecule has 0 N–H and O–H groups in total. The number of methoxy groups -OCH3 is 1. The molecule has 0 aromatic rings. The van der Waals surface area contributed by atoms with Gasteiger partial charge in [0, 0.05) is 25.0 Å². The molecule has 0 radical (unpaired) electrons. The summed E-state index contributed by atoms with van der Waals surface area (Å²) in [7, 11) is 1.71. The second-order valence-electron chi connectivity index (χ2n) is 1.56. The molecule has 0 aliphatic rings. The number of ether oxygens (including phenoxy) is 1. The summed E-state index contributed by atoms with van der Waals surface area (Å²) in [6, 6.07) is 0. The van der Waals surface area contributed by atoms with Crippen LogP contribution in [0.2, 0.25) is 0 Å². The Morgan fingerprint density at radius 1 is 1.56 bits per heavy atom. The van der Waals surface area contributed by atoms with Crippen LogP contribution in [0.5, 0.6) is 0 Å². The molecule has 9 heavy (non-hydrogen) atoms. The van der Waals surface area contributed by atoms with Gasteiger partial charge in [-0.1, -0.05) is 0 Å². The fourth-order valence-corrected chi connectivity index (χ4v) is 1.13. The molecule has 0 bridgehead atoms. The Hall–Kier alpha value is -0.130. The van der Waals surface area contributed by atoms with Gasteiger partial charge in [-0.25, -0.2) is 0 Å². The second-order valence-corrected chi connectivity index (χ2v) is 2.78. The molecule has 0 aromatic heterocycles. The van der Waals surface area contributed by atoms with E-state index in [0.29, 0.717) is 0 Å². The van der Waals surface area contributed by atoms with Crippen molar-refractivity contribution in [2.75, 3.05) is 25.2 Å². The van der Waals surface area contributed by atoms with Crippen LogP contribution in [0, 0.1) is 12.3 Å². The Morgan fingerprint density at radius 3 is 2.89 bits per heavy atom. The van der Waals surface area contributed by atoms with Crippen LogP contribution < -0.4 is 0 Å².